The number of hydrogen-bond acceptors (Lipinski definition) is 8. The molecule has 2 fully saturated rings. The number of hydrogen-bond donors (Lipinski definition) is 2. The fraction of sp³-hybridized carbons (Fsp3) is 0.480. The second-order valence-corrected chi connectivity index (χ2v) is 10.7. The van der Waals surface area contributed by atoms with Gasteiger partial charge in [0.05, 0.1) is 18.3 Å². The summed E-state index contributed by atoms with van der Waals surface area (Å²) in [5, 5.41) is 15.7. The lowest BCUT2D eigenvalue weighted by atomic mass is 9.85. The van der Waals surface area contributed by atoms with E-state index in [1.54, 1.807) is 0 Å². The Labute approximate surface area is 208 Å². The Kier molecular flexibility index (Phi) is 7.24. The van der Waals surface area contributed by atoms with Crippen molar-refractivity contribution in [2.24, 2.45) is 11.8 Å². The third-order valence-electron chi connectivity index (χ3n) is 6.98. The highest BCUT2D eigenvalue weighted by molar-refractivity contribution is 7.76. The largest absolute Gasteiger partial charge is 0.760 e. The van der Waals surface area contributed by atoms with Gasteiger partial charge in [-0.15, -0.1) is 10.2 Å². The lowest BCUT2D eigenvalue weighted by Gasteiger charge is -2.30. The van der Waals surface area contributed by atoms with Gasteiger partial charge >= 0.3 is 0 Å². The Morgan fingerprint density at radius 2 is 2.06 bits per heavy atom. The first-order valence-electron chi connectivity index (χ1n) is 12.2. The summed E-state index contributed by atoms with van der Waals surface area (Å²) < 4.78 is 30.1. The standard InChI is InChI=1S/C25H32N6O3S/c1-16-11-19(16)14-27-22-13-18(12-20(28-22)15-31(2)35(32)33)24-29-30-25(34-24)23-21(9-6-10-26-23)17-7-4-3-5-8-17/h3-5,7-8,12-13,16,19,21,23,26H,6,9-11,14-15H2,1-2H3,(H,27,28)(H,32,33)/p-1/t16-,19+,21-,23-/m0/s1. The molecule has 3 heterocycles. The van der Waals surface area contributed by atoms with Crippen LogP contribution >= 0.6 is 0 Å². The van der Waals surface area contributed by atoms with Crippen LogP contribution in [0.5, 0.6) is 0 Å². The zero-order valence-corrected chi connectivity index (χ0v) is 20.8. The molecule has 1 aromatic carbocycles. The van der Waals surface area contributed by atoms with Crippen molar-refractivity contribution in [3.05, 3.63) is 59.6 Å². The van der Waals surface area contributed by atoms with Crippen LogP contribution in [0.4, 0.5) is 5.82 Å². The van der Waals surface area contributed by atoms with Gasteiger partial charge in [-0.2, -0.15) is 0 Å². The molecule has 10 heteroatoms. The van der Waals surface area contributed by atoms with Gasteiger partial charge in [0.2, 0.25) is 11.8 Å². The molecule has 5 rings (SSSR count). The lowest BCUT2D eigenvalue weighted by molar-refractivity contribution is 0.303. The van der Waals surface area contributed by atoms with Gasteiger partial charge in [-0.3, -0.25) is 4.21 Å². The molecule has 1 unspecified atom stereocenters. The van der Waals surface area contributed by atoms with Gasteiger partial charge in [0, 0.05) is 29.3 Å². The van der Waals surface area contributed by atoms with Crippen LogP contribution in [-0.2, 0) is 17.8 Å². The molecule has 2 aromatic heterocycles. The molecule has 1 saturated carbocycles. The summed E-state index contributed by atoms with van der Waals surface area (Å²) >= 11 is -2.33. The van der Waals surface area contributed by atoms with E-state index in [4.69, 9.17) is 4.42 Å². The van der Waals surface area contributed by atoms with Crippen molar-refractivity contribution in [3.63, 3.8) is 0 Å². The summed E-state index contributed by atoms with van der Waals surface area (Å²) in [6, 6.07) is 14.1. The lowest BCUT2D eigenvalue weighted by Crippen LogP contribution is -2.33. The average Bonchev–Trinajstić information content (AvgIpc) is 3.36. The maximum atomic E-state index is 11.4. The average molecular weight is 496 g/mol. The molecular formula is C25H31N6O3S-. The summed E-state index contributed by atoms with van der Waals surface area (Å²) in [5.41, 5.74) is 2.58. The first kappa shape index (κ1) is 24.1. The number of aromatic nitrogens is 3. The maximum Gasteiger partial charge on any atom is 0.248 e. The Bertz CT molecular complexity index is 1170. The monoisotopic (exact) mass is 495 g/mol. The topological polar surface area (TPSA) is 119 Å². The van der Waals surface area contributed by atoms with Gasteiger partial charge < -0.3 is 19.6 Å². The van der Waals surface area contributed by atoms with Gasteiger partial charge in [-0.1, -0.05) is 37.3 Å². The molecule has 2 N–H and O–H groups in total. The fourth-order valence-electron chi connectivity index (χ4n) is 4.77. The van der Waals surface area contributed by atoms with Crippen LogP contribution in [0, 0.1) is 11.8 Å². The molecular weight excluding hydrogens is 464 g/mol. The van der Waals surface area contributed by atoms with Gasteiger partial charge in [0.1, 0.15) is 5.82 Å². The normalized spacial score (nSPS) is 24.9. The van der Waals surface area contributed by atoms with Crippen LogP contribution in [-0.4, -0.2) is 48.4 Å². The van der Waals surface area contributed by atoms with Crippen molar-refractivity contribution in [2.75, 3.05) is 25.5 Å². The van der Waals surface area contributed by atoms with Gasteiger partial charge in [-0.25, -0.2) is 9.29 Å². The van der Waals surface area contributed by atoms with Crippen molar-refractivity contribution in [1.82, 2.24) is 24.8 Å². The Morgan fingerprint density at radius 3 is 2.80 bits per heavy atom. The van der Waals surface area contributed by atoms with E-state index in [9.17, 15) is 8.76 Å². The van der Waals surface area contributed by atoms with Crippen LogP contribution in [0.2, 0.25) is 0 Å². The van der Waals surface area contributed by atoms with E-state index in [2.05, 4.69) is 57.0 Å². The fourth-order valence-corrected chi connectivity index (χ4v) is 5.00. The summed E-state index contributed by atoms with van der Waals surface area (Å²) in [6.07, 6.45) is 3.35. The number of nitrogens with zero attached hydrogens (tertiary/aromatic N) is 4. The summed E-state index contributed by atoms with van der Waals surface area (Å²) in [4.78, 5) is 4.63. The molecule has 5 atom stereocenters. The van der Waals surface area contributed by atoms with Crippen LogP contribution in [0.15, 0.2) is 46.9 Å². The smallest absolute Gasteiger partial charge is 0.248 e. The molecule has 3 aromatic rings. The third-order valence-corrected chi connectivity index (χ3v) is 7.62. The van der Waals surface area contributed by atoms with E-state index >= 15 is 0 Å². The van der Waals surface area contributed by atoms with Crippen molar-refractivity contribution >= 4 is 17.1 Å². The number of pyridine rings is 1. The zero-order valence-electron chi connectivity index (χ0n) is 20.0. The zero-order chi connectivity index (χ0) is 24.4. The first-order valence-corrected chi connectivity index (χ1v) is 13.2. The van der Waals surface area contributed by atoms with Gasteiger partial charge in [-0.05, 0) is 62.4 Å². The van der Waals surface area contributed by atoms with E-state index in [0.717, 1.165) is 37.4 Å². The SMILES string of the molecule is C[C@H]1C[C@@H]1CNc1cc(-c2nnc([C@H]3NCCC[C@H]3c3ccccc3)o2)cc(CN(C)S(=O)[O-])n1. The summed E-state index contributed by atoms with van der Waals surface area (Å²) in [6.45, 7) is 4.12. The second kappa shape index (κ2) is 10.5. The van der Waals surface area contributed by atoms with Crippen molar-refractivity contribution in [1.29, 1.82) is 0 Å². The molecule has 0 amide bonds. The summed E-state index contributed by atoms with van der Waals surface area (Å²) in [7, 11) is 1.51. The molecule has 0 spiro atoms. The molecule has 0 bridgehead atoms. The van der Waals surface area contributed by atoms with Crippen LogP contribution in [0.25, 0.3) is 11.5 Å². The first-order chi connectivity index (χ1) is 17.0. The Morgan fingerprint density at radius 1 is 1.26 bits per heavy atom. The number of rotatable bonds is 9. The minimum Gasteiger partial charge on any atom is -0.760 e. The highest BCUT2D eigenvalue weighted by atomic mass is 32.2. The Hall–Kier alpha value is -2.66. The predicted octanol–water partition coefficient (Wildman–Crippen LogP) is 3.63. The van der Waals surface area contributed by atoms with Crippen LogP contribution in [0.3, 0.4) is 0 Å². The second-order valence-electron chi connectivity index (χ2n) is 9.63. The highest BCUT2D eigenvalue weighted by Gasteiger charge is 2.33. The van der Waals surface area contributed by atoms with Crippen molar-refractivity contribution in [3.8, 4) is 11.5 Å². The molecule has 1 aliphatic heterocycles. The van der Waals surface area contributed by atoms with Gasteiger partial charge in [0.15, 0.2) is 0 Å². The van der Waals surface area contributed by atoms with Crippen molar-refractivity contribution in [2.45, 2.75) is 44.7 Å². The van der Waals surface area contributed by atoms with Gasteiger partial charge in [0.25, 0.3) is 0 Å². The van der Waals surface area contributed by atoms with E-state index in [1.807, 2.05) is 18.2 Å². The summed E-state index contributed by atoms with van der Waals surface area (Å²) in [5.74, 6) is 3.26. The number of nitrogens with one attached hydrogen (secondary N) is 2. The van der Waals surface area contributed by atoms with E-state index in [1.165, 1.54) is 23.3 Å². The van der Waals surface area contributed by atoms with E-state index in [-0.39, 0.29) is 18.5 Å². The number of benzene rings is 1. The molecule has 186 valence electrons. The maximum absolute atomic E-state index is 11.4. The minimum atomic E-state index is -2.33. The van der Waals surface area contributed by atoms with Crippen LogP contribution in [0.1, 0.15) is 55.3 Å². The minimum absolute atomic E-state index is 0.0586. The third kappa shape index (κ3) is 5.78. The van der Waals surface area contributed by atoms with Crippen LogP contribution < -0.4 is 10.6 Å². The molecule has 35 heavy (non-hydrogen) atoms. The molecule has 2 aliphatic rings. The molecule has 9 nitrogen and oxygen atoms in total. The highest BCUT2D eigenvalue weighted by Crippen LogP contribution is 2.39. The quantitative estimate of drug-likeness (QED) is 0.432. The number of anilines is 1. The molecule has 1 saturated heterocycles. The van der Waals surface area contributed by atoms with E-state index < -0.39 is 11.3 Å². The van der Waals surface area contributed by atoms with Crippen molar-refractivity contribution < 1.29 is 13.2 Å². The predicted molar refractivity (Wildman–Crippen MR) is 133 cm³/mol. The molecule has 0 radical (unpaired) electrons. The number of piperidine rings is 1. The molecule has 1 aliphatic carbocycles. The Balaban J connectivity index is 1.41. The van der Waals surface area contributed by atoms with E-state index in [0.29, 0.717) is 29.2 Å².